The first-order valence-corrected chi connectivity index (χ1v) is 11.2. The number of nitrogens with two attached hydrogens (primary N) is 5. The normalized spacial score (nSPS) is 14.8. The van der Waals surface area contributed by atoms with Crippen molar-refractivity contribution < 1.29 is 33.9 Å². The molecule has 0 aliphatic heterocycles. The highest BCUT2D eigenvalue weighted by Gasteiger charge is 2.32. The van der Waals surface area contributed by atoms with Crippen LogP contribution < -0.4 is 44.6 Å². The number of carbonyl (C=O) groups is 6. The zero-order valence-electron chi connectivity index (χ0n) is 20.4. The fraction of sp³-hybridized carbons (Fsp3) is 0.650. The molecule has 0 aliphatic rings. The molecular weight excluding hydrogens is 478 g/mol. The molecule has 0 rings (SSSR count). The van der Waals surface area contributed by atoms with Gasteiger partial charge in [-0.25, -0.2) is 4.79 Å². The lowest BCUT2D eigenvalue weighted by Gasteiger charge is -2.26. The van der Waals surface area contributed by atoms with Gasteiger partial charge in [-0.3, -0.25) is 29.0 Å². The second-order valence-corrected chi connectivity index (χ2v) is 8.23. The van der Waals surface area contributed by atoms with E-state index >= 15 is 0 Å². The number of primary amides is 2. The summed E-state index contributed by atoms with van der Waals surface area (Å²) in [6.45, 7) is 3.50. The number of nitrogens with zero attached hydrogens (tertiary/aromatic N) is 1. The monoisotopic (exact) mass is 515 g/mol. The number of nitrogens with one attached hydrogen (secondary N) is 3. The summed E-state index contributed by atoms with van der Waals surface area (Å²) >= 11 is 0. The number of rotatable bonds is 17. The van der Waals surface area contributed by atoms with Crippen molar-refractivity contribution in [3.05, 3.63) is 0 Å². The first-order valence-electron chi connectivity index (χ1n) is 11.2. The first kappa shape index (κ1) is 32.0. The molecule has 16 nitrogen and oxygen atoms in total. The summed E-state index contributed by atoms with van der Waals surface area (Å²) in [5, 5.41) is 16.5. The van der Waals surface area contributed by atoms with Crippen LogP contribution in [0.5, 0.6) is 0 Å². The molecule has 0 saturated carbocycles. The van der Waals surface area contributed by atoms with Gasteiger partial charge in [-0.05, 0) is 18.8 Å². The average Bonchev–Trinajstić information content (AvgIpc) is 2.76. The van der Waals surface area contributed by atoms with Crippen molar-refractivity contribution >= 4 is 41.5 Å². The minimum absolute atomic E-state index is 0.0143. The molecule has 0 aromatic heterocycles. The predicted molar refractivity (Wildman–Crippen MR) is 128 cm³/mol. The zero-order chi connectivity index (χ0) is 28.0. The van der Waals surface area contributed by atoms with Crippen molar-refractivity contribution in [1.82, 2.24) is 16.0 Å². The molecule has 0 aliphatic carbocycles. The Morgan fingerprint density at radius 3 is 1.83 bits per heavy atom. The molecule has 0 aromatic rings. The van der Waals surface area contributed by atoms with Gasteiger partial charge in [0, 0.05) is 6.54 Å². The Labute approximate surface area is 208 Å². The molecule has 14 N–H and O–H groups in total. The van der Waals surface area contributed by atoms with Crippen molar-refractivity contribution in [2.75, 3.05) is 6.54 Å². The second-order valence-electron chi connectivity index (χ2n) is 8.23. The van der Waals surface area contributed by atoms with Gasteiger partial charge in [0.25, 0.3) is 0 Å². The third-order valence-electron chi connectivity index (χ3n) is 5.15. The van der Waals surface area contributed by atoms with Crippen LogP contribution >= 0.6 is 0 Å². The molecule has 36 heavy (non-hydrogen) atoms. The van der Waals surface area contributed by atoms with Crippen LogP contribution in [0.1, 0.15) is 46.0 Å². The number of aliphatic carboxylic acids is 1. The Kier molecular flexibility index (Phi) is 14.1. The number of carboxylic acid groups (broad SMARTS) is 1. The molecule has 0 radical (unpaired) electrons. The Hall–Kier alpha value is -3.95. The highest BCUT2D eigenvalue weighted by molar-refractivity contribution is 5.96. The third-order valence-corrected chi connectivity index (χ3v) is 5.15. The molecule has 0 saturated heterocycles. The Bertz CT molecular complexity index is 845. The summed E-state index contributed by atoms with van der Waals surface area (Å²) in [5.41, 5.74) is 26.3. The number of carbonyl (C=O) groups excluding carboxylic acids is 5. The number of aliphatic imine (C=N–C) groups is 1. The average molecular weight is 516 g/mol. The summed E-state index contributed by atoms with van der Waals surface area (Å²) in [6.07, 6.45) is -0.503. The van der Waals surface area contributed by atoms with Gasteiger partial charge < -0.3 is 49.7 Å². The Morgan fingerprint density at radius 1 is 0.833 bits per heavy atom. The number of amides is 5. The van der Waals surface area contributed by atoms with Gasteiger partial charge >= 0.3 is 5.97 Å². The van der Waals surface area contributed by atoms with Crippen molar-refractivity contribution in [2.24, 2.45) is 39.6 Å². The number of hydrogen-bond acceptors (Lipinski definition) is 8. The maximum atomic E-state index is 12.9. The highest BCUT2D eigenvalue weighted by Crippen LogP contribution is 2.10. The molecular formula is C20H37N9O7. The van der Waals surface area contributed by atoms with E-state index in [0.717, 1.165) is 0 Å². The van der Waals surface area contributed by atoms with Crippen molar-refractivity contribution in [3.63, 3.8) is 0 Å². The van der Waals surface area contributed by atoms with Crippen LogP contribution in [0.15, 0.2) is 4.99 Å². The van der Waals surface area contributed by atoms with Crippen LogP contribution in [-0.4, -0.2) is 77.3 Å². The smallest absolute Gasteiger partial charge is 0.326 e. The number of carboxylic acids is 1. The van der Waals surface area contributed by atoms with E-state index in [1.807, 2.05) is 0 Å². The third kappa shape index (κ3) is 12.5. The number of hydrogen-bond donors (Lipinski definition) is 9. The lowest BCUT2D eigenvalue weighted by molar-refractivity contribution is -0.144. The van der Waals surface area contributed by atoms with E-state index in [4.69, 9.17) is 28.7 Å². The second kappa shape index (κ2) is 15.9. The van der Waals surface area contributed by atoms with Gasteiger partial charge in [-0.15, -0.1) is 0 Å². The van der Waals surface area contributed by atoms with E-state index in [-0.39, 0.29) is 25.3 Å². The van der Waals surface area contributed by atoms with E-state index in [1.54, 1.807) is 13.8 Å². The zero-order valence-corrected chi connectivity index (χ0v) is 20.4. The summed E-state index contributed by atoms with van der Waals surface area (Å²) in [5.74, 6) is -6.40. The van der Waals surface area contributed by atoms with Gasteiger partial charge in [-0.2, -0.15) is 0 Å². The summed E-state index contributed by atoms with van der Waals surface area (Å²) in [7, 11) is 0. The maximum absolute atomic E-state index is 12.9. The van der Waals surface area contributed by atoms with Gasteiger partial charge in [0.2, 0.25) is 29.5 Å². The lowest BCUT2D eigenvalue weighted by Crippen LogP contribution is -2.58. The molecule has 0 aromatic carbocycles. The largest absolute Gasteiger partial charge is 0.480 e. The molecule has 5 atom stereocenters. The van der Waals surface area contributed by atoms with Crippen molar-refractivity contribution in [1.29, 1.82) is 0 Å². The van der Waals surface area contributed by atoms with Crippen LogP contribution in [0.4, 0.5) is 0 Å². The fourth-order valence-electron chi connectivity index (χ4n) is 2.98. The molecule has 0 heterocycles. The molecule has 204 valence electrons. The molecule has 0 spiro atoms. The van der Waals surface area contributed by atoms with Crippen LogP contribution in [0.3, 0.4) is 0 Å². The first-order chi connectivity index (χ1) is 16.7. The topological polar surface area (TPSA) is 301 Å². The number of guanidine groups is 1. The van der Waals surface area contributed by atoms with Crippen molar-refractivity contribution in [3.8, 4) is 0 Å². The molecule has 0 fully saturated rings. The Balaban J connectivity index is 5.71. The molecule has 16 heteroatoms. The van der Waals surface area contributed by atoms with Gasteiger partial charge in [0.15, 0.2) is 5.96 Å². The lowest BCUT2D eigenvalue weighted by atomic mass is 9.98. The van der Waals surface area contributed by atoms with Crippen LogP contribution in [0.25, 0.3) is 0 Å². The summed E-state index contributed by atoms with van der Waals surface area (Å²) in [6, 6.07) is -5.43. The highest BCUT2D eigenvalue weighted by atomic mass is 16.4. The molecule has 5 amide bonds. The van der Waals surface area contributed by atoms with Gasteiger partial charge in [0.05, 0.1) is 18.9 Å². The van der Waals surface area contributed by atoms with Crippen LogP contribution in [0, 0.1) is 5.92 Å². The molecule has 5 unspecified atom stereocenters. The van der Waals surface area contributed by atoms with E-state index < -0.39 is 78.4 Å². The van der Waals surface area contributed by atoms with Crippen LogP contribution in [-0.2, 0) is 28.8 Å². The SMILES string of the molecule is CCC(C)C(NC(=O)C(CCCN=C(N)N)NC(=O)C(CC(N)=O)NC(=O)C(N)CC(N)=O)C(=O)O. The summed E-state index contributed by atoms with van der Waals surface area (Å²) in [4.78, 5) is 75.9. The van der Waals surface area contributed by atoms with Crippen LogP contribution in [0.2, 0.25) is 0 Å². The fourth-order valence-corrected chi connectivity index (χ4v) is 2.98. The van der Waals surface area contributed by atoms with Gasteiger partial charge in [-0.1, -0.05) is 20.3 Å². The Morgan fingerprint density at radius 2 is 1.36 bits per heavy atom. The molecule has 0 bridgehead atoms. The summed E-state index contributed by atoms with van der Waals surface area (Å²) < 4.78 is 0. The van der Waals surface area contributed by atoms with E-state index in [0.29, 0.717) is 6.42 Å². The minimum atomic E-state index is -1.54. The van der Waals surface area contributed by atoms with Crippen molar-refractivity contribution in [2.45, 2.75) is 70.1 Å². The van der Waals surface area contributed by atoms with E-state index in [9.17, 15) is 33.9 Å². The predicted octanol–water partition coefficient (Wildman–Crippen LogP) is -4.30. The standard InChI is InChI=1S/C20H37N9O7/c1-3-9(2)15(19(35)36)29-17(33)11(5-4-6-26-20(24)25)27-18(34)12(8-14(23)31)28-16(32)10(21)7-13(22)30/h9-12,15H,3-8,21H2,1-2H3,(H2,22,30)(H2,23,31)(H,27,34)(H,28,32)(H,29,33)(H,35,36)(H4,24,25,26). The van der Waals surface area contributed by atoms with Gasteiger partial charge in [0.1, 0.15) is 18.1 Å². The minimum Gasteiger partial charge on any atom is -0.480 e. The maximum Gasteiger partial charge on any atom is 0.326 e. The van der Waals surface area contributed by atoms with E-state index in [1.165, 1.54) is 0 Å². The quantitative estimate of drug-likeness (QED) is 0.0509. The van der Waals surface area contributed by atoms with E-state index in [2.05, 4.69) is 20.9 Å².